The van der Waals surface area contributed by atoms with Crippen LogP contribution in [0, 0.1) is 0 Å². The molecule has 4 rings (SSSR count). The van der Waals surface area contributed by atoms with Crippen LogP contribution in [0.1, 0.15) is 12.8 Å². The predicted molar refractivity (Wildman–Crippen MR) is 107 cm³/mol. The molecule has 150 valence electrons. The lowest BCUT2D eigenvalue weighted by atomic mass is 10.2. The Balaban J connectivity index is 1.35. The lowest BCUT2D eigenvalue weighted by molar-refractivity contribution is -0.117. The van der Waals surface area contributed by atoms with E-state index in [-0.39, 0.29) is 12.5 Å². The third-order valence-corrected chi connectivity index (χ3v) is 4.49. The maximum absolute atomic E-state index is 12.5. The van der Waals surface area contributed by atoms with Crippen molar-refractivity contribution in [2.24, 2.45) is 0 Å². The van der Waals surface area contributed by atoms with Gasteiger partial charge in [0.2, 0.25) is 17.7 Å². The van der Waals surface area contributed by atoms with Gasteiger partial charge < -0.3 is 19.2 Å². The molecule has 0 unspecified atom stereocenters. The summed E-state index contributed by atoms with van der Waals surface area (Å²) in [6.45, 7) is 4.28. The van der Waals surface area contributed by atoms with Crippen LogP contribution >= 0.6 is 0 Å². The molecule has 1 amide bonds. The van der Waals surface area contributed by atoms with E-state index in [0.29, 0.717) is 55.3 Å². The van der Waals surface area contributed by atoms with Gasteiger partial charge in [-0.25, -0.2) is 0 Å². The summed E-state index contributed by atoms with van der Waals surface area (Å²) < 4.78 is 16.8. The molecule has 0 saturated heterocycles. The molecule has 1 aliphatic heterocycles. The molecule has 0 atom stereocenters. The van der Waals surface area contributed by atoms with Gasteiger partial charge in [-0.2, -0.15) is 0 Å². The standard InChI is InChI=1S/C21H22N4O4/c1-2-25(14-20-23-24-21(29-20)15-6-4-3-5-7-15)13-19(26)22-16-8-9-17-18(12-16)28-11-10-27-17/h3-9,12H,2,10-11,13-14H2,1H3,(H,22,26). The highest BCUT2D eigenvalue weighted by Crippen LogP contribution is 2.32. The van der Waals surface area contributed by atoms with Gasteiger partial charge in [-0.1, -0.05) is 25.1 Å². The van der Waals surface area contributed by atoms with E-state index in [2.05, 4.69) is 15.5 Å². The average molecular weight is 394 g/mol. The topological polar surface area (TPSA) is 89.7 Å². The first-order valence-corrected chi connectivity index (χ1v) is 9.51. The number of anilines is 1. The quantitative estimate of drug-likeness (QED) is 0.659. The van der Waals surface area contributed by atoms with Gasteiger partial charge in [0.25, 0.3) is 0 Å². The number of ether oxygens (including phenoxy) is 2. The number of benzene rings is 2. The van der Waals surface area contributed by atoms with Gasteiger partial charge in [-0.15, -0.1) is 10.2 Å². The smallest absolute Gasteiger partial charge is 0.247 e. The molecule has 8 nitrogen and oxygen atoms in total. The number of amides is 1. The van der Waals surface area contributed by atoms with Crippen LogP contribution in [0.2, 0.25) is 0 Å². The molecule has 3 aromatic rings. The number of nitrogens with one attached hydrogen (secondary N) is 1. The summed E-state index contributed by atoms with van der Waals surface area (Å²) in [5.41, 5.74) is 1.53. The lowest BCUT2D eigenvalue weighted by Gasteiger charge is -2.20. The van der Waals surface area contributed by atoms with Crippen LogP contribution in [0.3, 0.4) is 0 Å². The molecular weight excluding hydrogens is 372 g/mol. The molecule has 0 aliphatic carbocycles. The summed E-state index contributed by atoms with van der Waals surface area (Å²) in [7, 11) is 0. The number of hydrogen-bond donors (Lipinski definition) is 1. The summed E-state index contributed by atoms with van der Waals surface area (Å²) in [4.78, 5) is 14.4. The van der Waals surface area contributed by atoms with Crippen molar-refractivity contribution in [1.29, 1.82) is 0 Å². The lowest BCUT2D eigenvalue weighted by Crippen LogP contribution is -2.32. The van der Waals surface area contributed by atoms with Crippen molar-refractivity contribution in [3.63, 3.8) is 0 Å². The van der Waals surface area contributed by atoms with Gasteiger partial charge in [0.1, 0.15) is 13.2 Å². The second kappa shape index (κ2) is 8.74. The molecule has 0 bridgehead atoms. The van der Waals surface area contributed by atoms with E-state index in [9.17, 15) is 4.79 Å². The van der Waals surface area contributed by atoms with Crippen LogP contribution in [0.5, 0.6) is 11.5 Å². The molecule has 1 aromatic heterocycles. The minimum absolute atomic E-state index is 0.133. The summed E-state index contributed by atoms with van der Waals surface area (Å²) >= 11 is 0. The number of aromatic nitrogens is 2. The molecule has 0 fully saturated rings. The molecule has 0 spiro atoms. The van der Waals surface area contributed by atoms with Crippen LogP contribution < -0.4 is 14.8 Å². The summed E-state index contributed by atoms with van der Waals surface area (Å²) in [5.74, 6) is 2.14. The molecule has 8 heteroatoms. The Kier molecular flexibility index (Phi) is 5.71. The predicted octanol–water partition coefficient (Wildman–Crippen LogP) is 2.97. The summed E-state index contributed by atoms with van der Waals surface area (Å²) in [5, 5.41) is 11.1. The van der Waals surface area contributed by atoms with Gasteiger partial charge in [0.15, 0.2) is 11.5 Å². The molecule has 29 heavy (non-hydrogen) atoms. The number of rotatable bonds is 7. The van der Waals surface area contributed by atoms with Crippen LogP contribution in [-0.4, -0.2) is 47.3 Å². The summed E-state index contributed by atoms with van der Waals surface area (Å²) in [6.07, 6.45) is 0. The van der Waals surface area contributed by atoms with E-state index in [1.165, 1.54) is 0 Å². The maximum Gasteiger partial charge on any atom is 0.247 e. The van der Waals surface area contributed by atoms with Crippen LogP contribution in [0.25, 0.3) is 11.5 Å². The van der Waals surface area contributed by atoms with E-state index in [1.807, 2.05) is 42.2 Å². The van der Waals surface area contributed by atoms with E-state index in [0.717, 1.165) is 5.56 Å². The summed E-state index contributed by atoms with van der Waals surface area (Å²) in [6, 6.07) is 15.0. The van der Waals surface area contributed by atoms with Crippen molar-refractivity contribution in [2.45, 2.75) is 13.5 Å². The minimum Gasteiger partial charge on any atom is -0.486 e. The Hall–Kier alpha value is -3.39. The second-order valence-corrected chi connectivity index (χ2v) is 6.58. The Morgan fingerprint density at radius 3 is 2.66 bits per heavy atom. The van der Waals surface area contributed by atoms with Crippen LogP contribution in [0.4, 0.5) is 5.69 Å². The highest BCUT2D eigenvalue weighted by atomic mass is 16.6. The van der Waals surface area contributed by atoms with Gasteiger partial charge in [0, 0.05) is 17.3 Å². The monoisotopic (exact) mass is 394 g/mol. The van der Waals surface area contributed by atoms with Crippen molar-refractivity contribution in [3.8, 4) is 23.0 Å². The third kappa shape index (κ3) is 4.72. The van der Waals surface area contributed by atoms with Crippen molar-refractivity contribution in [2.75, 3.05) is 31.6 Å². The first kappa shape index (κ1) is 18.9. The zero-order chi connectivity index (χ0) is 20.1. The molecule has 2 aromatic carbocycles. The Bertz CT molecular complexity index is 974. The zero-order valence-electron chi connectivity index (χ0n) is 16.1. The molecule has 1 N–H and O–H groups in total. The molecule has 2 heterocycles. The SMILES string of the molecule is CCN(CC(=O)Nc1ccc2c(c1)OCCO2)Cc1nnc(-c2ccccc2)o1. The molecule has 0 saturated carbocycles. The Morgan fingerprint density at radius 2 is 1.86 bits per heavy atom. The number of likely N-dealkylation sites (N-methyl/N-ethyl adjacent to an activating group) is 1. The largest absolute Gasteiger partial charge is 0.486 e. The fourth-order valence-electron chi connectivity index (χ4n) is 3.01. The van der Waals surface area contributed by atoms with Gasteiger partial charge >= 0.3 is 0 Å². The Morgan fingerprint density at radius 1 is 1.07 bits per heavy atom. The van der Waals surface area contributed by atoms with Crippen molar-refractivity contribution in [3.05, 3.63) is 54.4 Å². The van der Waals surface area contributed by atoms with E-state index in [1.54, 1.807) is 18.2 Å². The number of nitrogens with zero attached hydrogens (tertiary/aromatic N) is 3. The van der Waals surface area contributed by atoms with Crippen LogP contribution in [-0.2, 0) is 11.3 Å². The van der Waals surface area contributed by atoms with E-state index >= 15 is 0 Å². The van der Waals surface area contributed by atoms with Crippen molar-refractivity contribution >= 4 is 11.6 Å². The molecule has 0 radical (unpaired) electrons. The highest BCUT2D eigenvalue weighted by molar-refractivity contribution is 5.92. The van der Waals surface area contributed by atoms with Gasteiger partial charge in [-0.3, -0.25) is 9.69 Å². The van der Waals surface area contributed by atoms with Crippen LogP contribution in [0.15, 0.2) is 52.9 Å². The van der Waals surface area contributed by atoms with Crippen molar-refractivity contribution < 1.29 is 18.7 Å². The first-order chi connectivity index (χ1) is 14.2. The number of carbonyl (C=O) groups is 1. The first-order valence-electron chi connectivity index (χ1n) is 9.51. The van der Waals surface area contributed by atoms with E-state index < -0.39 is 0 Å². The number of hydrogen-bond acceptors (Lipinski definition) is 7. The molecular formula is C21H22N4O4. The Labute approximate surface area is 168 Å². The van der Waals surface area contributed by atoms with Gasteiger partial charge in [0.05, 0.1) is 13.1 Å². The van der Waals surface area contributed by atoms with Gasteiger partial charge in [-0.05, 0) is 30.8 Å². The highest BCUT2D eigenvalue weighted by Gasteiger charge is 2.16. The molecule has 1 aliphatic rings. The fraction of sp³-hybridized carbons (Fsp3) is 0.286. The maximum atomic E-state index is 12.5. The normalized spacial score (nSPS) is 12.8. The third-order valence-electron chi connectivity index (χ3n) is 4.49. The zero-order valence-corrected chi connectivity index (χ0v) is 16.1. The van der Waals surface area contributed by atoms with E-state index in [4.69, 9.17) is 13.9 Å². The second-order valence-electron chi connectivity index (χ2n) is 6.58. The minimum atomic E-state index is -0.133. The van der Waals surface area contributed by atoms with Crippen molar-refractivity contribution in [1.82, 2.24) is 15.1 Å². The average Bonchev–Trinajstić information content (AvgIpc) is 3.22. The fourth-order valence-corrected chi connectivity index (χ4v) is 3.01. The number of carbonyl (C=O) groups excluding carboxylic acids is 1. The number of fused-ring (bicyclic) bond motifs is 1.